The number of anilines is 1. The van der Waals surface area contributed by atoms with E-state index in [0.717, 1.165) is 10.0 Å². The topological polar surface area (TPSA) is 68.0 Å². The second-order valence-electron chi connectivity index (χ2n) is 5.20. The Morgan fingerprint density at radius 3 is 2.72 bits per heavy atom. The molecule has 0 aliphatic rings. The Balaban J connectivity index is 1.57. The molecule has 25 heavy (non-hydrogen) atoms. The lowest BCUT2D eigenvalue weighted by atomic mass is 10.2. The summed E-state index contributed by atoms with van der Waals surface area (Å²) in [6, 6.07) is 11.5. The number of halogens is 3. The number of carbonyl (C=O) groups excluding carboxylic acids is 1. The molecule has 0 saturated heterocycles. The SMILES string of the molecule is O=C(CCc1nc(-c2ccc(Br)cc2)no1)Nc1ccc(F)c(Cl)c1. The first-order valence-corrected chi connectivity index (χ1v) is 8.52. The molecule has 0 bridgehead atoms. The van der Waals surface area contributed by atoms with Crippen LogP contribution in [-0.4, -0.2) is 16.0 Å². The molecule has 0 atom stereocenters. The van der Waals surface area contributed by atoms with Crippen LogP contribution in [0, 0.1) is 5.82 Å². The maximum absolute atomic E-state index is 13.1. The number of nitrogens with one attached hydrogen (secondary N) is 1. The number of hydrogen-bond acceptors (Lipinski definition) is 4. The van der Waals surface area contributed by atoms with Gasteiger partial charge in [-0.05, 0) is 42.5 Å². The Morgan fingerprint density at radius 2 is 2.00 bits per heavy atom. The van der Waals surface area contributed by atoms with Gasteiger partial charge in [0, 0.05) is 28.6 Å². The van der Waals surface area contributed by atoms with Crippen molar-refractivity contribution in [3.8, 4) is 11.4 Å². The van der Waals surface area contributed by atoms with Gasteiger partial charge in [-0.25, -0.2) is 4.39 Å². The molecule has 1 amide bonds. The van der Waals surface area contributed by atoms with E-state index in [-0.39, 0.29) is 17.4 Å². The molecule has 3 aromatic rings. The summed E-state index contributed by atoms with van der Waals surface area (Å²) >= 11 is 9.04. The fourth-order valence-corrected chi connectivity index (χ4v) is 2.54. The second kappa shape index (κ2) is 7.76. The van der Waals surface area contributed by atoms with Gasteiger partial charge < -0.3 is 9.84 Å². The van der Waals surface area contributed by atoms with E-state index in [1.165, 1.54) is 18.2 Å². The zero-order chi connectivity index (χ0) is 17.8. The number of amides is 1. The molecule has 8 heteroatoms. The number of nitrogens with zero attached hydrogens (tertiary/aromatic N) is 2. The standard InChI is InChI=1S/C17H12BrClFN3O2/c18-11-3-1-10(2-4-11)17-22-16(25-23-17)8-7-15(24)21-12-5-6-14(20)13(19)9-12/h1-6,9H,7-8H2,(H,21,24). The minimum absolute atomic E-state index is 0.0474. The third kappa shape index (κ3) is 4.64. The van der Waals surface area contributed by atoms with Gasteiger partial charge in [0.05, 0.1) is 5.02 Å². The zero-order valence-corrected chi connectivity index (χ0v) is 15.1. The minimum atomic E-state index is -0.536. The molecule has 1 N–H and O–H groups in total. The first kappa shape index (κ1) is 17.6. The highest BCUT2D eigenvalue weighted by molar-refractivity contribution is 9.10. The minimum Gasteiger partial charge on any atom is -0.339 e. The van der Waals surface area contributed by atoms with Crippen molar-refractivity contribution in [2.24, 2.45) is 0 Å². The second-order valence-corrected chi connectivity index (χ2v) is 6.52. The Bertz CT molecular complexity index is 899. The van der Waals surface area contributed by atoms with Crippen LogP contribution in [0.5, 0.6) is 0 Å². The van der Waals surface area contributed by atoms with Gasteiger partial charge in [-0.1, -0.05) is 32.7 Å². The average Bonchev–Trinajstić information content (AvgIpc) is 3.06. The number of aryl methyl sites for hydroxylation is 1. The summed E-state index contributed by atoms with van der Waals surface area (Å²) in [4.78, 5) is 16.2. The molecular formula is C17H12BrClFN3O2. The highest BCUT2D eigenvalue weighted by Crippen LogP contribution is 2.21. The van der Waals surface area contributed by atoms with Crippen LogP contribution in [0.15, 0.2) is 51.5 Å². The van der Waals surface area contributed by atoms with E-state index in [1.54, 1.807) is 0 Å². The van der Waals surface area contributed by atoms with E-state index in [9.17, 15) is 9.18 Å². The summed E-state index contributed by atoms with van der Waals surface area (Å²) in [7, 11) is 0. The van der Waals surface area contributed by atoms with Crippen LogP contribution in [0.4, 0.5) is 10.1 Å². The summed E-state index contributed by atoms with van der Waals surface area (Å²) in [6.45, 7) is 0. The average molecular weight is 425 g/mol. The monoisotopic (exact) mass is 423 g/mol. The summed E-state index contributed by atoms with van der Waals surface area (Å²) in [6.07, 6.45) is 0.446. The predicted molar refractivity (Wildman–Crippen MR) is 95.8 cm³/mol. The summed E-state index contributed by atoms with van der Waals surface area (Å²) in [5.41, 5.74) is 1.25. The van der Waals surface area contributed by atoms with Gasteiger partial charge in [0.15, 0.2) is 0 Å². The Hall–Kier alpha value is -2.25. The molecule has 3 rings (SSSR count). The van der Waals surface area contributed by atoms with Gasteiger partial charge in [0.25, 0.3) is 0 Å². The van der Waals surface area contributed by atoms with Crippen LogP contribution >= 0.6 is 27.5 Å². The van der Waals surface area contributed by atoms with Crippen LogP contribution in [0.2, 0.25) is 5.02 Å². The van der Waals surface area contributed by atoms with Crippen molar-refractivity contribution in [3.63, 3.8) is 0 Å². The molecule has 1 heterocycles. The summed E-state index contributed by atoms with van der Waals surface area (Å²) < 4.78 is 19.2. The summed E-state index contributed by atoms with van der Waals surface area (Å²) in [5.74, 6) is 0.0375. The molecule has 0 spiro atoms. The third-order valence-corrected chi connectivity index (χ3v) is 4.16. The van der Waals surface area contributed by atoms with E-state index in [0.29, 0.717) is 23.8 Å². The number of rotatable bonds is 5. The molecule has 1 aromatic heterocycles. The van der Waals surface area contributed by atoms with Gasteiger partial charge in [-0.15, -0.1) is 0 Å². The van der Waals surface area contributed by atoms with Crippen molar-refractivity contribution in [2.45, 2.75) is 12.8 Å². The Labute approximate surface area is 156 Å². The molecule has 0 radical (unpaired) electrons. The van der Waals surface area contributed by atoms with Gasteiger partial charge >= 0.3 is 0 Å². The molecule has 0 saturated carbocycles. The highest BCUT2D eigenvalue weighted by atomic mass is 79.9. The third-order valence-electron chi connectivity index (χ3n) is 3.34. The zero-order valence-electron chi connectivity index (χ0n) is 12.8. The fraction of sp³-hybridized carbons (Fsp3) is 0.118. The predicted octanol–water partition coefficient (Wildman–Crippen LogP) is 4.86. The number of hydrogen-bond donors (Lipinski definition) is 1. The van der Waals surface area contributed by atoms with Gasteiger partial charge in [-0.2, -0.15) is 4.98 Å². The maximum atomic E-state index is 13.1. The molecule has 0 fully saturated rings. The van der Waals surface area contributed by atoms with E-state index in [1.807, 2.05) is 24.3 Å². The Kier molecular flexibility index (Phi) is 5.45. The quantitative estimate of drug-likeness (QED) is 0.635. The molecule has 0 aliphatic heterocycles. The van der Waals surface area contributed by atoms with Crippen molar-refractivity contribution in [1.29, 1.82) is 0 Å². The molecule has 2 aromatic carbocycles. The lowest BCUT2D eigenvalue weighted by Gasteiger charge is -2.04. The van der Waals surface area contributed by atoms with Crippen molar-refractivity contribution in [3.05, 3.63) is 63.7 Å². The smallest absolute Gasteiger partial charge is 0.227 e. The highest BCUT2D eigenvalue weighted by Gasteiger charge is 2.11. The summed E-state index contributed by atoms with van der Waals surface area (Å²) in [5, 5.41) is 6.50. The lowest BCUT2D eigenvalue weighted by molar-refractivity contribution is -0.116. The molecule has 5 nitrogen and oxygen atoms in total. The van der Waals surface area contributed by atoms with Crippen molar-refractivity contribution in [2.75, 3.05) is 5.32 Å². The van der Waals surface area contributed by atoms with E-state index in [2.05, 4.69) is 31.4 Å². The fourth-order valence-electron chi connectivity index (χ4n) is 2.09. The van der Waals surface area contributed by atoms with E-state index < -0.39 is 5.82 Å². The van der Waals surface area contributed by atoms with Crippen LogP contribution in [0.1, 0.15) is 12.3 Å². The van der Waals surface area contributed by atoms with E-state index >= 15 is 0 Å². The van der Waals surface area contributed by atoms with Gasteiger partial charge in [0.1, 0.15) is 5.82 Å². The first-order chi connectivity index (χ1) is 12.0. The van der Waals surface area contributed by atoms with Gasteiger partial charge in [-0.3, -0.25) is 4.79 Å². The number of aromatic nitrogens is 2. The van der Waals surface area contributed by atoms with Crippen molar-refractivity contribution >= 4 is 39.1 Å². The van der Waals surface area contributed by atoms with Crippen molar-refractivity contribution < 1.29 is 13.7 Å². The number of carbonyl (C=O) groups is 1. The molecular weight excluding hydrogens is 413 g/mol. The van der Waals surface area contributed by atoms with Crippen LogP contribution in [0.25, 0.3) is 11.4 Å². The Morgan fingerprint density at radius 1 is 1.24 bits per heavy atom. The van der Waals surface area contributed by atoms with E-state index in [4.69, 9.17) is 16.1 Å². The maximum Gasteiger partial charge on any atom is 0.227 e. The molecule has 0 unspecified atom stereocenters. The van der Waals surface area contributed by atoms with Gasteiger partial charge in [0.2, 0.25) is 17.6 Å². The largest absolute Gasteiger partial charge is 0.339 e. The van der Waals surface area contributed by atoms with Crippen LogP contribution < -0.4 is 5.32 Å². The van der Waals surface area contributed by atoms with Crippen molar-refractivity contribution in [1.82, 2.24) is 10.1 Å². The first-order valence-electron chi connectivity index (χ1n) is 7.35. The molecule has 0 aliphatic carbocycles. The van der Waals surface area contributed by atoms with Crippen LogP contribution in [0.3, 0.4) is 0 Å². The lowest BCUT2D eigenvalue weighted by Crippen LogP contribution is -2.12. The number of benzene rings is 2. The normalized spacial score (nSPS) is 10.7. The molecule has 128 valence electrons. The van der Waals surface area contributed by atoms with Crippen LogP contribution in [-0.2, 0) is 11.2 Å².